The molecule has 0 radical (unpaired) electrons. The number of rotatable bonds is 2. The minimum atomic E-state index is -0.235. The summed E-state index contributed by atoms with van der Waals surface area (Å²) in [5.74, 6) is 0.122. The van der Waals surface area contributed by atoms with Gasteiger partial charge >= 0.3 is 0 Å². The highest BCUT2D eigenvalue weighted by Crippen LogP contribution is 2.38. The Morgan fingerprint density at radius 1 is 1.37 bits per heavy atom. The van der Waals surface area contributed by atoms with Crippen LogP contribution in [0.25, 0.3) is 0 Å². The van der Waals surface area contributed by atoms with E-state index in [1.54, 1.807) is 23.1 Å². The van der Waals surface area contributed by atoms with Crippen molar-refractivity contribution >= 4 is 29.1 Å². The van der Waals surface area contributed by atoms with Crippen molar-refractivity contribution in [3.63, 3.8) is 0 Å². The Kier molecular flexibility index (Phi) is 4.71. The van der Waals surface area contributed by atoms with Crippen LogP contribution >= 0.6 is 23.2 Å². The molecule has 0 spiro atoms. The van der Waals surface area contributed by atoms with E-state index in [0.717, 1.165) is 18.4 Å². The normalized spacial score (nSPS) is 24.4. The number of nitrogens with zero attached hydrogens (tertiary/aromatic N) is 1. The van der Waals surface area contributed by atoms with Gasteiger partial charge in [-0.15, -0.1) is 0 Å². The summed E-state index contributed by atoms with van der Waals surface area (Å²) < 4.78 is 0. The maximum Gasteiger partial charge on any atom is 0.223 e. The van der Waals surface area contributed by atoms with Crippen molar-refractivity contribution in [1.82, 2.24) is 4.90 Å². The van der Waals surface area contributed by atoms with Gasteiger partial charge in [0.2, 0.25) is 5.91 Å². The summed E-state index contributed by atoms with van der Waals surface area (Å²) in [7, 11) is 0. The Morgan fingerprint density at radius 2 is 2.00 bits per heavy atom. The molecule has 1 aromatic carbocycles. The quantitative estimate of drug-likeness (QED) is 0.910. The zero-order valence-corrected chi connectivity index (χ0v) is 12.4. The number of hydrogen-bond acceptors (Lipinski definition) is 2. The van der Waals surface area contributed by atoms with Crippen LogP contribution in [-0.4, -0.2) is 23.4 Å². The monoisotopic (exact) mass is 300 g/mol. The highest BCUT2D eigenvalue weighted by Gasteiger charge is 2.34. The summed E-state index contributed by atoms with van der Waals surface area (Å²) in [6.07, 6.45) is 2.16. The van der Waals surface area contributed by atoms with Crippen LogP contribution in [0.2, 0.25) is 10.0 Å². The summed E-state index contributed by atoms with van der Waals surface area (Å²) in [5, 5.41) is 1.14. The van der Waals surface area contributed by atoms with Crippen LogP contribution in [-0.2, 0) is 4.79 Å². The fourth-order valence-corrected chi connectivity index (χ4v) is 3.33. The molecule has 3 nitrogen and oxygen atoms in total. The SMILES string of the molecule is CCN1C(=O)CCCC(N)C1c1c(Cl)cccc1Cl. The first-order valence-electron chi connectivity index (χ1n) is 6.55. The highest BCUT2D eigenvalue weighted by atomic mass is 35.5. The predicted octanol–water partition coefficient (Wildman–Crippen LogP) is 3.39. The number of likely N-dealkylation sites (tertiary alicyclic amines) is 1. The standard InChI is InChI=1S/C14H18Cl2N2O/c1-2-18-12(19)8-4-7-11(17)14(18)13-9(15)5-3-6-10(13)16/h3,5-6,11,14H,2,4,7-8,17H2,1H3. The molecule has 5 heteroatoms. The Hall–Kier alpha value is -0.770. The molecule has 2 rings (SSSR count). The minimum Gasteiger partial charge on any atom is -0.334 e. The van der Waals surface area contributed by atoms with E-state index in [0.29, 0.717) is 23.0 Å². The molecule has 0 saturated carbocycles. The maximum absolute atomic E-state index is 12.2. The lowest BCUT2D eigenvalue weighted by molar-refractivity contribution is -0.133. The van der Waals surface area contributed by atoms with Gasteiger partial charge in [-0.1, -0.05) is 29.3 Å². The molecular formula is C14H18Cl2N2O. The molecule has 0 bridgehead atoms. The molecule has 104 valence electrons. The molecule has 0 aromatic heterocycles. The molecule has 1 aliphatic heterocycles. The Bertz CT molecular complexity index is 458. The molecule has 1 heterocycles. The van der Waals surface area contributed by atoms with Gasteiger partial charge in [-0.2, -0.15) is 0 Å². The van der Waals surface area contributed by atoms with Crippen LogP contribution in [0.4, 0.5) is 0 Å². The number of amides is 1. The average molecular weight is 301 g/mol. The average Bonchev–Trinajstić information content (AvgIpc) is 2.49. The van der Waals surface area contributed by atoms with Crippen LogP contribution < -0.4 is 5.73 Å². The number of carbonyl (C=O) groups excluding carboxylic acids is 1. The van der Waals surface area contributed by atoms with Crippen LogP contribution in [0, 0.1) is 0 Å². The Morgan fingerprint density at radius 3 is 2.58 bits per heavy atom. The van der Waals surface area contributed by atoms with E-state index in [-0.39, 0.29) is 18.0 Å². The number of benzene rings is 1. The van der Waals surface area contributed by atoms with E-state index < -0.39 is 0 Å². The summed E-state index contributed by atoms with van der Waals surface area (Å²) in [5.41, 5.74) is 7.04. The van der Waals surface area contributed by atoms with E-state index in [1.807, 2.05) is 6.92 Å². The van der Waals surface area contributed by atoms with Crippen molar-refractivity contribution in [2.45, 2.75) is 38.3 Å². The Balaban J connectivity index is 2.50. The zero-order valence-electron chi connectivity index (χ0n) is 10.9. The van der Waals surface area contributed by atoms with Crippen LogP contribution in [0.1, 0.15) is 37.8 Å². The molecule has 0 aliphatic carbocycles. The van der Waals surface area contributed by atoms with E-state index in [2.05, 4.69) is 0 Å². The molecule has 19 heavy (non-hydrogen) atoms. The lowest BCUT2D eigenvalue weighted by Crippen LogP contribution is -2.42. The van der Waals surface area contributed by atoms with Gasteiger partial charge in [-0.3, -0.25) is 4.79 Å². The summed E-state index contributed by atoms with van der Waals surface area (Å²) in [4.78, 5) is 14.0. The van der Waals surface area contributed by atoms with Gasteiger partial charge in [0, 0.05) is 34.6 Å². The third kappa shape index (κ3) is 2.88. The molecule has 2 N–H and O–H groups in total. The fourth-order valence-electron chi connectivity index (χ4n) is 2.71. The first kappa shape index (κ1) is 14.6. The van der Waals surface area contributed by atoms with Gasteiger partial charge in [0.25, 0.3) is 0 Å². The summed E-state index contributed by atoms with van der Waals surface area (Å²) in [6, 6.07) is 5.01. The van der Waals surface area contributed by atoms with E-state index in [1.165, 1.54) is 0 Å². The molecule has 2 unspecified atom stereocenters. The predicted molar refractivity (Wildman–Crippen MR) is 78.4 cm³/mol. The zero-order chi connectivity index (χ0) is 14.0. The largest absolute Gasteiger partial charge is 0.334 e. The van der Waals surface area contributed by atoms with Gasteiger partial charge in [0.15, 0.2) is 0 Å². The first-order chi connectivity index (χ1) is 9.06. The fraction of sp³-hybridized carbons (Fsp3) is 0.500. The van der Waals surface area contributed by atoms with Gasteiger partial charge in [0.1, 0.15) is 0 Å². The number of hydrogen-bond donors (Lipinski definition) is 1. The number of halogens is 2. The Labute approximate surface area is 123 Å². The second-order valence-electron chi connectivity index (χ2n) is 4.82. The second-order valence-corrected chi connectivity index (χ2v) is 5.63. The highest BCUT2D eigenvalue weighted by molar-refractivity contribution is 6.36. The minimum absolute atomic E-state index is 0.122. The first-order valence-corrected chi connectivity index (χ1v) is 7.30. The second kappa shape index (κ2) is 6.12. The third-order valence-corrected chi connectivity index (χ3v) is 4.29. The van der Waals surface area contributed by atoms with Crippen LogP contribution in [0.15, 0.2) is 18.2 Å². The lowest BCUT2D eigenvalue weighted by Gasteiger charge is -2.34. The van der Waals surface area contributed by atoms with Crippen LogP contribution in [0.3, 0.4) is 0 Å². The van der Waals surface area contributed by atoms with Crippen molar-refractivity contribution in [3.8, 4) is 0 Å². The molecular weight excluding hydrogens is 283 g/mol. The molecule has 1 aliphatic rings. The van der Waals surface area contributed by atoms with Gasteiger partial charge in [0.05, 0.1) is 6.04 Å². The van der Waals surface area contributed by atoms with Crippen molar-refractivity contribution < 1.29 is 4.79 Å². The van der Waals surface area contributed by atoms with E-state index in [4.69, 9.17) is 28.9 Å². The van der Waals surface area contributed by atoms with Gasteiger partial charge in [-0.25, -0.2) is 0 Å². The maximum atomic E-state index is 12.2. The van der Waals surface area contributed by atoms with Crippen LogP contribution in [0.5, 0.6) is 0 Å². The van der Waals surface area contributed by atoms with E-state index in [9.17, 15) is 4.79 Å². The number of likely N-dealkylation sites (N-methyl/N-ethyl adjacent to an activating group) is 1. The topological polar surface area (TPSA) is 46.3 Å². The van der Waals surface area contributed by atoms with Gasteiger partial charge < -0.3 is 10.6 Å². The molecule has 1 aromatic rings. The smallest absolute Gasteiger partial charge is 0.223 e. The molecule has 1 fully saturated rings. The van der Waals surface area contributed by atoms with Crippen molar-refractivity contribution in [2.24, 2.45) is 5.73 Å². The van der Waals surface area contributed by atoms with E-state index >= 15 is 0 Å². The van der Waals surface area contributed by atoms with Gasteiger partial charge in [-0.05, 0) is 31.9 Å². The molecule has 1 saturated heterocycles. The molecule has 1 amide bonds. The summed E-state index contributed by atoms with van der Waals surface area (Å²) in [6.45, 7) is 2.56. The number of carbonyl (C=O) groups is 1. The third-order valence-electron chi connectivity index (χ3n) is 3.63. The van der Waals surface area contributed by atoms with Crippen molar-refractivity contribution in [3.05, 3.63) is 33.8 Å². The van der Waals surface area contributed by atoms with Crippen molar-refractivity contribution in [1.29, 1.82) is 0 Å². The number of nitrogens with two attached hydrogens (primary N) is 1. The van der Waals surface area contributed by atoms with Crippen molar-refractivity contribution in [2.75, 3.05) is 6.54 Å². The molecule has 2 atom stereocenters. The summed E-state index contributed by atoms with van der Waals surface area (Å²) >= 11 is 12.5. The lowest BCUT2D eigenvalue weighted by atomic mass is 9.96.